The molecule has 0 aromatic carbocycles. The molecule has 1 N–H and O–H groups in total. The highest BCUT2D eigenvalue weighted by atomic mass is 32.2. The quantitative estimate of drug-likeness (QED) is 0.674. The molecule has 0 bridgehead atoms. The number of nitrogens with one attached hydrogen (secondary N) is 1. The highest BCUT2D eigenvalue weighted by molar-refractivity contribution is 7.84. The van der Waals surface area contributed by atoms with E-state index in [2.05, 4.69) is 17.3 Å². The van der Waals surface area contributed by atoms with Crippen molar-refractivity contribution < 1.29 is 4.21 Å². The van der Waals surface area contributed by atoms with Crippen molar-refractivity contribution in [3.8, 4) is 0 Å². The second kappa shape index (κ2) is 6.53. The topological polar surface area (TPSA) is 32.3 Å². The Morgan fingerprint density at radius 3 is 3.00 bits per heavy atom. The first-order valence-corrected chi connectivity index (χ1v) is 7.10. The SMILES string of the molecule is CN1CCCC(CNCCS(C)=O)C1. The second-order valence-corrected chi connectivity index (χ2v) is 5.81. The summed E-state index contributed by atoms with van der Waals surface area (Å²) in [5.41, 5.74) is 0. The molecule has 0 amide bonds. The van der Waals surface area contributed by atoms with Gasteiger partial charge in [-0.25, -0.2) is 0 Å². The van der Waals surface area contributed by atoms with E-state index >= 15 is 0 Å². The van der Waals surface area contributed by atoms with E-state index in [0.717, 1.165) is 24.8 Å². The zero-order chi connectivity index (χ0) is 10.4. The van der Waals surface area contributed by atoms with Crippen molar-refractivity contribution in [2.45, 2.75) is 12.8 Å². The number of piperidine rings is 1. The lowest BCUT2D eigenvalue weighted by atomic mass is 9.98. The predicted molar refractivity (Wildman–Crippen MR) is 62.0 cm³/mol. The van der Waals surface area contributed by atoms with Crippen LogP contribution < -0.4 is 5.32 Å². The molecule has 14 heavy (non-hydrogen) atoms. The average molecular weight is 218 g/mol. The molecular formula is C10H22N2OS. The lowest BCUT2D eigenvalue weighted by molar-refractivity contribution is 0.207. The summed E-state index contributed by atoms with van der Waals surface area (Å²) in [5, 5.41) is 3.39. The van der Waals surface area contributed by atoms with E-state index in [9.17, 15) is 4.21 Å². The van der Waals surface area contributed by atoms with Crippen LogP contribution in [0.4, 0.5) is 0 Å². The van der Waals surface area contributed by atoms with Gasteiger partial charge in [0.1, 0.15) is 0 Å². The molecule has 1 aliphatic rings. The number of hydrogen-bond acceptors (Lipinski definition) is 3. The Morgan fingerprint density at radius 2 is 2.36 bits per heavy atom. The van der Waals surface area contributed by atoms with E-state index in [1.165, 1.54) is 25.9 Å². The van der Waals surface area contributed by atoms with Gasteiger partial charge in [0.05, 0.1) is 0 Å². The zero-order valence-corrected chi connectivity index (χ0v) is 10.1. The van der Waals surface area contributed by atoms with Crippen LogP contribution in [0.2, 0.25) is 0 Å². The number of nitrogens with zero attached hydrogens (tertiary/aromatic N) is 1. The van der Waals surface area contributed by atoms with Crippen LogP contribution in [0.5, 0.6) is 0 Å². The van der Waals surface area contributed by atoms with Crippen LogP contribution in [0.1, 0.15) is 12.8 Å². The molecule has 3 nitrogen and oxygen atoms in total. The lowest BCUT2D eigenvalue weighted by Gasteiger charge is -2.29. The minimum absolute atomic E-state index is 0.652. The molecule has 1 fully saturated rings. The van der Waals surface area contributed by atoms with Crippen molar-refractivity contribution in [2.24, 2.45) is 5.92 Å². The van der Waals surface area contributed by atoms with Gasteiger partial charge in [0.2, 0.25) is 0 Å². The molecule has 2 unspecified atom stereocenters. The van der Waals surface area contributed by atoms with Crippen LogP contribution in [-0.4, -0.2) is 54.3 Å². The van der Waals surface area contributed by atoms with Crippen LogP contribution >= 0.6 is 0 Å². The molecule has 0 radical (unpaired) electrons. The monoisotopic (exact) mass is 218 g/mol. The van der Waals surface area contributed by atoms with Crippen molar-refractivity contribution >= 4 is 10.8 Å². The average Bonchev–Trinajstić information content (AvgIpc) is 2.12. The molecule has 1 rings (SSSR count). The van der Waals surface area contributed by atoms with Gasteiger partial charge in [-0.1, -0.05) is 0 Å². The van der Waals surface area contributed by atoms with Gasteiger partial charge in [-0.3, -0.25) is 4.21 Å². The van der Waals surface area contributed by atoms with Gasteiger partial charge in [0, 0.05) is 35.9 Å². The predicted octanol–water partition coefficient (Wildman–Crippen LogP) is 0.296. The molecule has 0 aromatic heterocycles. The van der Waals surface area contributed by atoms with Crippen molar-refractivity contribution in [2.75, 3.05) is 45.2 Å². The maximum atomic E-state index is 10.8. The summed E-state index contributed by atoms with van der Waals surface area (Å²) < 4.78 is 10.8. The normalized spacial score (nSPS) is 26.3. The molecular weight excluding hydrogens is 196 g/mol. The van der Waals surface area contributed by atoms with E-state index in [-0.39, 0.29) is 0 Å². The van der Waals surface area contributed by atoms with E-state index in [1.54, 1.807) is 6.26 Å². The van der Waals surface area contributed by atoms with Gasteiger partial charge in [-0.15, -0.1) is 0 Å². The minimum Gasteiger partial charge on any atom is -0.315 e. The van der Waals surface area contributed by atoms with Gasteiger partial charge < -0.3 is 10.2 Å². The number of rotatable bonds is 5. The summed E-state index contributed by atoms with van der Waals surface area (Å²) in [6.07, 6.45) is 4.42. The maximum absolute atomic E-state index is 10.8. The lowest BCUT2D eigenvalue weighted by Crippen LogP contribution is -2.38. The molecule has 0 aromatic rings. The summed E-state index contributed by atoms with van der Waals surface area (Å²) in [4.78, 5) is 2.40. The first-order chi connectivity index (χ1) is 6.68. The van der Waals surface area contributed by atoms with Crippen molar-refractivity contribution in [3.05, 3.63) is 0 Å². The molecule has 1 saturated heterocycles. The maximum Gasteiger partial charge on any atom is 0.0357 e. The van der Waals surface area contributed by atoms with Crippen LogP contribution in [-0.2, 0) is 10.8 Å². The van der Waals surface area contributed by atoms with E-state index in [1.807, 2.05) is 0 Å². The molecule has 0 saturated carbocycles. The summed E-state index contributed by atoms with van der Waals surface area (Å²) in [5.74, 6) is 1.57. The fourth-order valence-corrected chi connectivity index (χ4v) is 2.39. The first-order valence-electron chi connectivity index (χ1n) is 5.38. The van der Waals surface area contributed by atoms with Crippen molar-refractivity contribution in [1.82, 2.24) is 10.2 Å². The molecule has 84 valence electrons. The molecule has 2 atom stereocenters. The van der Waals surface area contributed by atoms with Gasteiger partial charge >= 0.3 is 0 Å². The fraction of sp³-hybridized carbons (Fsp3) is 1.00. The second-order valence-electron chi connectivity index (χ2n) is 4.25. The summed E-state index contributed by atoms with van der Waals surface area (Å²) >= 11 is 0. The summed E-state index contributed by atoms with van der Waals surface area (Å²) in [6.45, 7) is 4.43. The van der Waals surface area contributed by atoms with E-state index < -0.39 is 10.8 Å². The number of hydrogen-bond donors (Lipinski definition) is 1. The van der Waals surface area contributed by atoms with Gasteiger partial charge in [0.15, 0.2) is 0 Å². The van der Waals surface area contributed by atoms with Crippen molar-refractivity contribution in [3.63, 3.8) is 0 Å². The largest absolute Gasteiger partial charge is 0.315 e. The zero-order valence-electron chi connectivity index (χ0n) is 9.29. The van der Waals surface area contributed by atoms with Crippen LogP contribution in [0.15, 0.2) is 0 Å². The molecule has 0 aliphatic carbocycles. The van der Waals surface area contributed by atoms with Crippen LogP contribution in [0.25, 0.3) is 0 Å². The molecule has 4 heteroatoms. The highest BCUT2D eigenvalue weighted by Crippen LogP contribution is 2.13. The van der Waals surface area contributed by atoms with Gasteiger partial charge in [-0.2, -0.15) is 0 Å². The Hall–Kier alpha value is 0.0700. The Labute approximate surface area is 89.7 Å². The summed E-state index contributed by atoms with van der Waals surface area (Å²) in [7, 11) is 1.54. The Morgan fingerprint density at radius 1 is 1.57 bits per heavy atom. The Bertz CT molecular complexity index is 187. The Balaban J connectivity index is 2.03. The highest BCUT2D eigenvalue weighted by Gasteiger charge is 2.16. The van der Waals surface area contributed by atoms with E-state index in [4.69, 9.17) is 0 Å². The summed E-state index contributed by atoms with van der Waals surface area (Å²) in [6, 6.07) is 0. The minimum atomic E-state index is -0.652. The molecule has 1 aliphatic heterocycles. The fourth-order valence-electron chi connectivity index (χ4n) is 1.96. The molecule has 1 heterocycles. The van der Waals surface area contributed by atoms with Gasteiger partial charge in [-0.05, 0) is 38.9 Å². The third-order valence-electron chi connectivity index (χ3n) is 2.72. The smallest absolute Gasteiger partial charge is 0.0357 e. The molecule has 0 spiro atoms. The van der Waals surface area contributed by atoms with Crippen LogP contribution in [0, 0.1) is 5.92 Å². The number of likely N-dealkylation sites (tertiary alicyclic amines) is 1. The van der Waals surface area contributed by atoms with Crippen molar-refractivity contribution in [1.29, 1.82) is 0 Å². The third-order valence-corrected chi connectivity index (χ3v) is 3.50. The van der Waals surface area contributed by atoms with Crippen LogP contribution in [0.3, 0.4) is 0 Å². The first kappa shape index (κ1) is 12.1. The Kier molecular flexibility index (Phi) is 5.67. The van der Waals surface area contributed by atoms with Gasteiger partial charge in [0.25, 0.3) is 0 Å². The standard InChI is InChI=1S/C10H22N2OS/c1-12-6-3-4-10(9-12)8-11-5-7-14(2)13/h10-11H,3-9H2,1-2H3. The third kappa shape index (κ3) is 5.08. The van der Waals surface area contributed by atoms with E-state index in [0.29, 0.717) is 0 Å².